The molecule has 0 heterocycles. The van der Waals surface area contributed by atoms with Gasteiger partial charge in [0.1, 0.15) is 6.10 Å². The maximum atomic E-state index is 6.14. The van der Waals surface area contributed by atoms with E-state index in [2.05, 4.69) is 73.9 Å². The maximum absolute atomic E-state index is 6.14. The Morgan fingerprint density at radius 2 is 1.46 bits per heavy atom. The predicted molar refractivity (Wildman–Crippen MR) is 117 cm³/mol. The monoisotopic (exact) mass is 383 g/mol. The highest BCUT2D eigenvalue weighted by molar-refractivity contribution is 5.17. The molecule has 0 aliphatic heterocycles. The van der Waals surface area contributed by atoms with E-state index in [-0.39, 0.29) is 6.10 Å². The van der Waals surface area contributed by atoms with Gasteiger partial charge in [0.15, 0.2) is 0 Å². The molecule has 28 heavy (non-hydrogen) atoms. The van der Waals surface area contributed by atoms with Crippen molar-refractivity contribution >= 4 is 0 Å². The van der Waals surface area contributed by atoms with Gasteiger partial charge in [-0.05, 0) is 43.2 Å². The molecule has 0 aliphatic carbocycles. The lowest BCUT2D eigenvalue weighted by molar-refractivity contribution is -0.0532. The first-order valence-corrected chi connectivity index (χ1v) is 10.9. The van der Waals surface area contributed by atoms with Gasteiger partial charge in [-0.3, -0.25) is 4.84 Å². The highest BCUT2D eigenvalue weighted by Gasteiger charge is 2.14. The van der Waals surface area contributed by atoms with Crippen molar-refractivity contribution in [2.45, 2.75) is 77.5 Å². The summed E-state index contributed by atoms with van der Waals surface area (Å²) >= 11 is 0. The van der Waals surface area contributed by atoms with Crippen LogP contribution in [0.2, 0.25) is 0 Å². The van der Waals surface area contributed by atoms with E-state index in [0.717, 1.165) is 51.6 Å². The summed E-state index contributed by atoms with van der Waals surface area (Å²) in [6.45, 7) is 5.96. The fraction of sp³-hybridized carbons (Fsp3) is 0.520. The van der Waals surface area contributed by atoms with Crippen molar-refractivity contribution in [1.29, 1.82) is 0 Å². The van der Waals surface area contributed by atoms with E-state index in [1.807, 2.05) is 6.07 Å². The van der Waals surface area contributed by atoms with E-state index < -0.39 is 0 Å². The van der Waals surface area contributed by atoms with Gasteiger partial charge in [0, 0.05) is 12.6 Å². The normalized spacial score (nSPS) is 13.4. The summed E-state index contributed by atoms with van der Waals surface area (Å²) in [5, 5.41) is 0. The van der Waals surface area contributed by atoms with Crippen molar-refractivity contribution in [2.24, 2.45) is 0 Å². The summed E-state index contributed by atoms with van der Waals surface area (Å²) in [5.41, 5.74) is 5.87. The Labute approximate surface area is 171 Å². The molecule has 0 fully saturated rings. The van der Waals surface area contributed by atoms with Crippen molar-refractivity contribution < 1.29 is 9.57 Å². The number of unbranched alkanes of at least 4 members (excludes halogenated alkanes) is 1. The summed E-state index contributed by atoms with van der Waals surface area (Å²) in [4.78, 5) is 6.14. The van der Waals surface area contributed by atoms with Gasteiger partial charge in [-0.25, -0.2) is 0 Å². The summed E-state index contributed by atoms with van der Waals surface area (Å²) in [6, 6.07) is 21.3. The average Bonchev–Trinajstić information content (AvgIpc) is 2.74. The number of rotatable bonds is 15. The summed E-state index contributed by atoms with van der Waals surface area (Å²) in [6.07, 6.45) is 7.93. The van der Waals surface area contributed by atoms with Crippen LogP contribution in [0.1, 0.15) is 76.0 Å². The van der Waals surface area contributed by atoms with Crippen molar-refractivity contribution in [1.82, 2.24) is 5.48 Å². The van der Waals surface area contributed by atoms with E-state index >= 15 is 0 Å². The zero-order valence-electron chi connectivity index (χ0n) is 17.6. The average molecular weight is 384 g/mol. The smallest absolute Gasteiger partial charge is 0.104 e. The molecule has 3 nitrogen and oxygen atoms in total. The van der Waals surface area contributed by atoms with Crippen LogP contribution in [0.25, 0.3) is 0 Å². The summed E-state index contributed by atoms with van der Waals surface area (Å²) < 4.78 is 5.80. The van der Waals surface area contributed by atoms with Crippen LogP contribution in [0.5, 0.6) is 0 Å². The molecular weight excluding hydrogens is 346 g/mol. The van der Waals surface area contributed by atoms with Crippen LogP contribution < -0.4 is 5.48 Å². The minimum atomic E-state index is 0.125. The van der Waals surface area contributed by atoms with Gasteiger partial charge in [-0.15, -0.1) is 0 Å². The number of hydroxylamine groups is 1. The van der Waals surface area contributed by atoms with Crippen molar-refractivity contribution in [2.75, 3.05) is 6.61 Å². The zero-order valence-corrected chi connectivity index (χ0v) is 17.6. The molecule has 0 saturated carbocycles. The highest BCUT2D eigenvalue weighted by atomic mass is 16.7. The molecule has 3 heteroatoms. The van der Waals surface area contributed by atoms with E-state index in [4.69, 9.17) is 9.57 Å². The first kappa shape index (κ1) is 22.6. The Morgan fingerprint density at radius 3 is 2.14 bits per heavy atom. The number of benzene rings is 2. The molecule has 0 spiro atoms. The number of hydrogen-bond donors (Lipinski definition) is 1. The first-order valence-electron chi connectivity index (χ1n) is 10.9. The minimum absolute atomic E-state index is 0.125. The second-order valence-electron chi connectivity index (χ2n) is 7.44. The third-order valence-corrected chi connectivity index (χ3v) is 4.94. The predicted octanol–water partition coefficient (Wildman–Crippen LogP) is 6.60. The molecule has 0 saturated heterocycles. The van der Waals surface area contributed by atoms with Crippen LogP contribution in [-0.2, 0) is 16.2 Å². The number of ether oxygens (including phenoxy) is 1. The van der Waals surface area contributed by atoms with Crippen LogP contribution >= 0.6 is 0 Å². The van der Waals surface area contributed by atoms with Crippen molar-refractivity contribution in [3.8, 4) is 0 Å². The molecule has 2 atom stereocenters. The Morgan fingerprint density at radius 1 is 0.786 bits per heavy atom. The Bertz CT molecular complexity index is 602. The van der Waals surface area contributed by atoms with Gasteiger partial charge < -0.3 is 4.74 Å². The fourth-order valence-electron chi connectivity index (χ4n) is 3.37. The second kappa shape index (κ2) is 14.3. The molecule has 2 aromatic carbocycles. The highest BCUT2D eigenvalue weighted by Crippen LogP contribution is 2.22. The zero-order chi connectivity index (χ0) is 19.9. The topological polar surface area (TPSA) is 30.5 Å². The molecule has 0 radical (unpaired) electrons. The van der Waals surface area contributed by atoms with E-state index in [0.29, 0.717) is 12.6 Å². The third kappa shape index (κ3) is 9.01. The molecule has 2 rings (SSSR count). The third-order valence-electron chi connectivity index (χ3n) is 4.94. The SMILES string of the molecule is CCC[C@@H](CCCCOCc1ccccc1)NO[C@H](CCC)c1ccccc1. The van der Waals surface area contributed by atoms with Crippen LogP contribution in [0.3, 0.4) is 0 Å². The lowest BCUT2D eigenvalue weighted by Gasteiger charge is -2.23. The molecule has 0 amide bonds. The molecule has 154 valence electrons. The molecular formula is C25H37NO2. The van der Waals surface area contributed by atoms with Crippen LogP contribution in [-0.4, -0.2) is 12.6 Å². The van der Waals surface area contributed by atoms with Crippen LogP contribution in [0.4, 0.5) is 0 Å². The van der Waals surface area contributed by atoms with Gasteiger partial charge in [0.2, 0.25) is 0 Å². The van der Waals surface area contributed by atoms with Crippen LogP contribution in [0.15, 0.2) is 60.7 Å². The Balaban J connectivity index is 1.67. The van der Waals surface area contributed by atoms with Crippen molar-refractivity contribution in [3.63, 3.8) is 0 Å². The number of nitrogens with one attached hydrogen (secondary N) is 1. The number of hydrogen-bond acceptors (Lipinski definition) is 3. The Hall–Kier alpha value is -1.68. The fourth-order valence-corrected chi connectivity index (χ4v) is 3.37. The van der Waals surface area contributed by atoms with Crippen LogP contribution in [0, 0.1) is 0 Å². The van der Waals surface area contributed by atoms with Gasteiger partial charge in [0.25, 0.3) is 0 Å². The first-order chi connectivity index (χ1) is 13.8. The van der Waals surface area contributed by atoms with E-state index in [9.17, 15) is 0 Å². The summed E-state index contributed by atoms with van der Waals surface area (Å²) in [7, 11) is 0. The molecule has 1 N–H and O–H groups in total. The summed E-state index contributed by atoms with van der Waals surface area (Å²) in [5.74, 6) is 0. The maximum Gasteiger partial charge on any atom is 0.104 e. The second-order valence-corrected chi connectivity index (χ2v) is 7.44. The molecule has 0 aromatic heterocycles. The van der Waals surface area contributed by atoms with Gasteiger partial charge in [-0.2, -0.15) is 5.48 Å². The molecule has 0 unspecified atom stereocenters. The van der Waals surface area contributed by atoms with Gasteiger partial charge >= 0.3 is 0 Å². The largest absolute Gasteiger partial charge is 0.377 e. The minimum Gasteiger partial charge on any atom is -0.377 e. The quantitative estimate of drug-likeness (QED) is 0.277. The lowest BCUT2D eigenvalue weighted by atomic mass is 10.0. The molecule has 0 aliphatic rings. The van der Waals surface area contributed by atoms with Gasteiger partial charge in [0.05, 0.1) is 6.61 Å². The molecule has 2 aromatic rings. The molecule has 0 bridgehead atoms. The van der Waals surface area contributed by atoms with Crippen molar-refractivity contribution in [3.05, 3.63) is 71.8 Å². The van der Waals surface area contributed by atoms with E-state index in [1.54, 1.807) is 0 Å². The standard InChI is InChI=1S/C25H37NO2/c1-3-13-24(19-11-12-20-27-21-22-15-7-5-8-16-22)26-28-25(14-4-2)23-17-9-6-10-18-23/h5-10,15-18,24-26H,3-4,11-14,19-21H2,1-2H3/t24-,25+/m0/s1. The van der Waals surface area contributed by atoms with E-state index in [1.165, 1.54) is 11.1 Å². The lowest BCUT2D eigenvalue weighted by Crippen LogP contribution is -2.31. The Kier molecular flexibility index (Phi) is 11.6. The van der Waals surface area contributed by atoms with Gasteiger partial charge in [-0.1, -0.05) is 87.4 Å².